The van der Waals surface area contributed by atoms with E-state index in [-0.39, 0.29) is 0 Å². The van der Waals surface area contributed by atoms with E-state index in [0.29, 0.717) is 0 Å². The lowest BCUT2D eigenvalue weighted by atomic mass is 10.1. The number of piperidine rings is 1. The second-order valence-corrected chi connectivity index (χ2v) is 5.11. The van der Waals surface area contributed by atoms with Gasteiger partial charge < -0.3 is 4.90 Å². The van der Waals surface area contributed by atoms with E-state index in [2.05, 4.69) is 21.9 Å². The van der Waals surface area contributed by atoms with Gasteiger partial charge in [0.25, 0.3) is 0 Å². The summed E-state index contributed by atoms with van der Waals surface area (Å²) < 4.78 is 0. The zero-order chi connectivity index (χ0) is 12.8. The van der Waals surface area contributed by atoms with Gasteiger partial charge in [-0.1, -0.05) is 30.0 Å². The summed E-state index contributed by atoms with van der Waals surface area (Å²) in [4.78, 5) is 11.5. The maximum atomic E-state index is 4.69. The lowest BCUT2D eigenvalue weighted by Crippen LogP contribution is -2.32. The van der Waals surface area contributed by atoms with Crippen molar-refractivity contribution in [3.8, 4) is 0 Å². The highest BCUT2D eigenvalue weighted by molar-refractivity contribution is 8.13. The quantitative estimate of drug-likeness (QED) is 0.571. The SMILES string of the molecule is CSC(=Nc1ccccc1)/N=C1/CCCCN1C. The first-order valence-corrected chi connectivity index (χ1v) is 7.48. The minimum atomic E-state index is 0.838. The van der Waals surface area contributed by atoms with Crippen LogP contribution in [0.3, 0.4) is 0 Å². The number of hydrogen-bond donors (Lipinski definition) is 0. The van der Waals surface area contributed by atoms with Crippen LogP contribution in [0.1, 0.15) is 19.3 Å². The Morgan fingerprint density at radius 2 is 2.00 bits per heavy atom. The number of thioether (sulfide) groups is 1. The molecule has 1 saturated heterocycles. The molecular weight excluding hydrogens is 242 g/mol. The van der Waals surface area contributed by atoms with Crippen molar-refractivity contribution in [2.75, 3.05) is 19.8 Å². The maximum Gasteiger partial charge on any atom is 0.189 e. The number of likely N-dealkylation sites (tertiary alicyclic amines) is 1. The number of hydrogen-bond acceptors (Lipinski definition) is 2. The minimum absolute atomic E-state index is 0.838. The van der Waals surface area contributed by atoms with Crippen LogP contribution >= 0.6 is 11.8 Å². The van der Waals surface area contributed by atoms with Gasteiger partial charge in [0.1, 0.15) is 5.84 Å². The highest BCUT2D eigenvalue weighted by Gasteiger charge is 2.12. The van der Waals surface area contributed by atoms with Gasteiger partial charge in [-0.05, 0) is 31.2 Å². The summed E-state index contributed by atoms with van der Waals surface area (Å²) in [6.07, 6.45) is 5.58. The molecule has 96 valence electrons. The third-order valence-corrected chi connectivity index (χ3v) is 3.52. The molecule has 0 aliphatic carbocycles. The molecule has 0 N–H and O–H groups in total. The lowest BCUT2D eigenvalue weighted by Gasteiger charge is -2.25. The van der Waals surface area contributed by atoms with E-state index in [9.17, 15) is 0 Å². The first-order chi connectivity index (χ1) is 8.79. The standard InChI is InChI=1S/C14H19N3S/c1-17-11-7-6-10-13(17)16-14(18-2)15-12-8-4-3-5-9-12/h3-5,8-9H,6-7,10-11H2,1-2H3/b15-14?,16-13-. The Morgan fingerprint density at radius 3 is 2.67 bits per heavy atom. The molecular formula is C14H19N3S. The minimum Gasteiger partial charge on any atom is -0.363 e. The summed E-state index contributed by atoms with van der Waals surface area (Å²) in [6.45, 7) is 1.10. The molecule has 1 aliphatic rings. The summed E-state index contributed by atoms with van der Waals surface area (Å²) in [7, 11) is 2.11. The van der Waals surface area contributed by atoms with E-state index in [1.54, 1.807) is 11.8 Å². The van der Waals surface area contributed by atoms with E-state index in [1.165, 1.54) is 12.8 Å². The summed E-state index contributed by atoms with van der Waals surface area (Å²) in [5, 5.41) is 0.838. The van der Waals surface area contributed by atoms with Gasteiger partial charge in [0.15, 0.2) is 5.17 Å². The molecule has 1 aromatic rings. The van der Waals surface area contributed by atoms with Crippen molar-refractivity contribution in [3.63, 3.8) is 0 Å². The zero-order valence-corrected chi connectivity index (χ0v) is 11.8. The fourth-order valence-corrected chi connectivity index (χ4v) is 2.33. The Kier molecular flexibility index (Phi) is 4.81. The van der Waals surface area contributed by atoms with Crippen molar-refractivity contribution < 1.29 is 0 Å². The molecule has 0 amide bonds. The second kappa shape index (κ2) is 6.59. The average molecular weight is 261 g/mol. The van der Waals surface area contributed by atoms with E-state index in [4.69, 9.17) is 0 Å². The molecule has 0 radical (unpaired) electrons. The van der Waals surface area contributed by atoms with Gasteiger partial charge >= 0.3 is 0 Å². The van der Waals surface area contributed by atoms with Crippen LogP contribution in [0.4, 0.5) is 5.69 Å². The normalized spacial score (nSPS) is 19.3. The van der Waals surface area contributed by atoms with Crippen molar-refractivity contribution >= 4 is 28.5 Å². The second-order valence-electron chi connectivity index (χ2n) is 4.34. The van der Waals surface area contributed by atoms with Gasteiger partial charge in [-0.25, -0.2) is 9.98 Å². The smallest absolute Gasteiger partial charge is 0.189 e. The summed E-state index contributed by atoms with van der Waals surface area (Å²) >= 11 is 1.60. The van der Waals surface area contributed by atoms with E-state index >= 15 is 0 Å². The molecule has 2 rings (SSSR count). The Bertz CT molecular complexity index is 440. The fourth-order valence-electron chi connectivity index (χ4n) is 1.93. The van der Waals surface area contributed by atoms with Gasteiger partial charge in [0.2, 0.25) is 0 Å². The molecule has 0 aromatic heterocycles. The van der Waals surface area contributed by atoms with Gasteiger partial charge in [-0.2, -0.15) is 0 Å². The molecule has 0 bridgehead atoms. The van der Waals surface area contributed by atoms with Crippen LogP contribution in [0.5, 0.6) is 0 Å². The molecule has 0 saturated carbocycles. The van der Waals surface area contributed by atoms with Crippen LogP contribution in [0.15, 0.2) is 40.3 Å². The Balaban J connectivity index is 2.18. The zero-order valence-electron chi connectivity index (χ0n) is 11.0. The average Bonchev–Trinajstić information content (AvgIpc) is 2.41. The van der Waals surface area contributed by atoms with Crippen LogP contribution in [-0.4, -0.2) is 35.8 Å². The van der Waals surface area contributed by atoms with Crippen molar-refractivity contribution in [1.29, 1.82) is 0 Å². The molecule has 0 atom stereocenters. The van der Waals surface area contributed by atoms with Crippen LogP contribution in [-0.2, 0) is 0 Å². The van der Waals surface area contributed by atoms with Crippen LogP contribution < -0.4 is 0 Å². The molecule has 1 heterocycles. The summed E-state index contributed by atoms with van der Waals surface area (Å²) in [5.41, 5.74) is 0.963. The maximum absolute atomic E-state index is 4.69. The molecule has 0 spiro atoms. The van der Waals surface area contributed by atoms with Gasteiger partial charge in [0, 0.05) is 20.0 Å². The van der Waals surface area contributed by atoms with Crippen LogP contribution in [0.25, 0.3) is 0 Å². The fraction of sp³-hybridized carbons (Fsp3) is 0.429. The molecule has 1 aromatic carbocycles. The lowest BCUT2D eigenvalue weighted by molar-refractivity contribution is 0.435. The third kappa shape index (κ3) is 3.60. The summed E-state index contributed by atoms with van der Waals surface area (Å²) in [6, 6.07) is 9.99. The van der Waals surface area contributed by atoms with Crippen molar-refractivity contribution in [1.82, 2.24) is 4.90 Å². The Morgan fingerprint density at radius 1 is 1.22 bits per heavy atom. The Labute approximate surface area is 113 Å². The number of aliphatic imine (C=N–C) groups is 2. The van der Waals surface area contributed by atoms with Gasteiger partial charge in [0.05, 0.1) is 5.69 Å². The first-order valence-electron chi connectivity index (χ1n) is 6.26. The first kappa shape index (κ1) is 13.1. The predicted octanol–water partition coefficient (Wildman–Crippen LogP) is 3.55. The van der Waals surface area contributed by atoms with Crippen molar-refractivity contribution in [2.45, 2.75) is 19.3 Å². The van der Waals surface area contributed by atoms with Crippen molar-refractivity contribution in [3.05, 3.63) is 30.3 Å². The van der Waals surface area contributed by atoms with E-state index < -0.39 is 0 Å². The Hall–Kier alpha value is -1.29. The molecule has 1 aliphatic heterocycles. The topological polar surface area (TPSA) is 28.0 Å². The number of benzene rings is 1. The number of amidine groups is 2. The van der Waals surface area contributed by atoms with E-state index in [0.717, 1.165) is 29.7 Å². The third-order valence-electron chi connectivity index (χ3n) is 2.97. The number of rotatable bonds is 1. The molecule has 3 nitrogen and oxygen atoms in total. The molecule has 0 unspecified atom stereocenters. The molecule has 18 heavy (non-hydrogen) atoms. The van der Waals surface area contributed by atoms with Gasteiger partial charge in [-0.3, -0.25) is 0 Å². The number of nitrogens with zero attached hydrogens (tertiary/aromatic N) is 3. The largest absolute Gasteiger partial charge is 0.363 e. The van der Waals surface area contributed by atoms with Crippen LogP contribution in [0, 0.1) is 0 Å². The molecule has 1 fully saturated rings. The monoisotopic (exact) mass is 261 g/mol. The number of para-hydroxylation sites is 1. The summed E-state index contributed by atoms with van der Waals surface area (Å²) in [5.74, 6) is 1.16. The van der Waals surface area contributed by atoms with Crippen molar-refractivity contribution in [2.24, 2.45) is 9.98 Å². The predicted molar refractivity (Wildman–Crippen MR) is 81.0 cm³/mol. The van der Waals surface area contributed by atoms with Gasteiger partial charge in [-0.15, -0.1) is 0 Å². The van der Waals surface area contributed by atoms with E-state index in [1.807, 2.05) is 36.6 Å². The highest BCUT2D eigenvalue weighted by Crippen LogP contribution is 2.16. The molecule has 4 heteroatoms. The van der Waals surface area contributed by atoms with Crippen LogP contribution in [0.2, 0.25) is 0 Å². The highest BCUT2D eigenvalue weighted by atomic mass is 32.2.